The smallest absolute Gasteiger partial charge is 0.292 e. The van der Waals surface area contributed by atoms with Crippen LogP contribution in [0.3, 0.4) is 0 Å². The van der Waals surface area contributed by atoms with E-state index in [-0.39, 0.29) is 17.2 Å². The fourth-order valence-corrected chi connectivity index (χ4v) is 3.28. The van der Waals surface area contributed by atoms with Gasteiger partial charge in [-0.05, 0) is 41.3 Å². The first-order valence-electron chi connectivity index (χ1n) is 9.02. The summed E-state index contributed by atoms with van der Waals surface area (Å²) < 4.78 is 0. The number of nitrogens with two attached hydrogens (primary N) is 2. The van der Waals surface area contributed by atoms with Crippen LogP contribution in [0.1, 0.15) is 29.8 Å². The molecule has 9 nitrogen and oxygen atoms in total. The van der Waals surface area contributed by atoms with E-state index in [0.717, 1.165) is 10.4 Å². The number of benzene rings is 2. The Hall–Kier alpha value is -3.76. The monoisotopic (exact) mass is 426 g/mol. The first kappa shape index (κ1) is 22.5. The van der Waals surface area contributed by atoms with E-state index in [0.29, 0.717) is 11.1 Å². The van der Waals surface area contributed by atoms with Crippen LogP contribution >= 0.6 is 11.3 Å². The molecule has 0 bridgehead atoms. The van der Waals surface area contributed by atoms with E-state index < -0.39 is 10.8 Å². The van der Waals surface area contributed by atoms with Crippen LogP contribution < -0.4 is 22.4 Å². The molecule has 6 N–H and O–H groups in total. The van der Waals surface area contributed by atoms with Crippen molar-refractivity contribution in [1.29, 1.82) is 0 Å². The van der Waals surface area contributed by atoms with Crippen molar-refractivity contribution in [3.05, 3.63) is 81.2 Å². The van der Waals surface area contributed by atoms with Gasteiger partial charge in [0.05, 0.1) is 4.92 Å². The number of hydrogen-bond donors (Lipinski definition) is 4. The zero-order valence-electron chi connectivity index (χ0n) is 16.5. The maximum atomic E-state index is 12.6. The number of carbonyl (C=O) groups is 1. The van der Waals surface area contributed by atoms with E-state index in [1.807, 2.05) is 31.4 Å². The number of thiophene rings is 1. The minimum absolute atomic E-state index is 0.123. The number of hydrazine groups is 1. The number of carbonyl (C=O) groups excluding carboxylic acids is 1. The molecule has 1 heterocycles. The lowest BCUT2D eigenvalue weighted by atomic mass is 10.1. The van der Waals surface area contributed by atoms with Gasteiger partial charge in [0.15, 0.2) is 5.84 Å². The topological polar surface area (TPSA) is 149 Å². The molecule has 2 aromatic carbocycles. The molecule has 0 atom stereocenters. The number of nitro groups is 1. The van der Waals surface area contributed by atoms with Crippen molar-refractivity contribution >= 4 is 34.5 Å². The van der Waals surface area contributed by atoms with Gasteiger partial charge in [0.1, 0.15) is 5.69 Å². The minimum Gasteiger partial charge on any atom is -0.321 e. The predicted molar refractivity (Wildman–Crippen MR) is 120 cm³/mol. The van der Waals surface area contributed by atoms with Crippen molar-refractivity contribution in [1.82, 2.24) is 5.43 Å². The molecule has 1 amide bonds. The van der Waals surface area contributed by atoms with Crippen molar-refractivity contribution in [3.8, 4) is 10.4 Å². The Labute approximate surface area is 177 Å². The Kier molecular flexibility index (Phi) is 8.03. The molecule has 30 heavy (non-hydrogen) atoms. The van der Waals surface area contributed by atoms with Gasteiger partial charge in [-0.3, -0.25) is 14.9 Å². The molecule has 0 saturated carbocycles. The van der Waals surface area contributed by atoms with E-state index in [9.17, 15) is 14.9 Å². The first-order valence-corrected chi connectivity index (χ1v) is 9.90. The Morgan fingerprint density at radius 1 is 1.10 bits per heavy atom. The van der Waals surface area contributed by atoms with Crippen molar-refractivity contribution < 1.29 is 9.72 Å². The van der Waals surface area contributed by atoms with E-state index in [1.54, 1.807) is 36.4 Å². The molecule has 0 aliphatic rings. The Bertz CT molecular complexity index is 1030. The lowest BCUT2D eigenvalue weighted by Crippen LogP contribution is -2.32. The Balaban J connectivity index is 0.00000155. The summed E-state index contributed by atoms with van der Waals surface area (Å²) in [7, 11) is 0. The van der Waals surface area contributed by atoms with Crippen molar-refractivity contribution in [3.63, 3.8) is 0 Å². The highest BCUT2D eigenvalue weighted by Gasteiger charge is 2.18. The maximum absolute atomic E-state index is 12.6. The molecule has 0 fully saturated rings. The molecule has 0 unspecified atom stereocenters. The highest BCUT2D eigenvalue weighted by Crippen LogP contribution is 2.32. The predicted octanol–water partition coefficient (Wildman–Crippen LogP) is 3.69. The molecule has 3 aromatic rings. The highest BCUT2D eigenvalue weighted by molar-refractivity contribution is 7.13. The van der Waals surface area contributed by atoms with Crippen LogP contribution in [0.2, 0.25) is 0 Å². The second-order valence-electron chi connectivity index (χ2n) is 5.62. The SMILES string of the molecule is CC.N/N=C(\NN)c1ccc(C(=O)Nc2cc(-c3cccs3)ccc2[N+](=O)[O-])cc1. The average molecular weight is 427 g/mol. The number of nitro benzene ring substituents is 1. The van der Waals surface area contributed by atoms with Crippen LogP contribution in [0.5, 0.6) is 0 Å². The summed E-state index contributed by atoms with van der Waals surface area (Å²) in [5.41, 5.74) is 3.97. The van der Waals surface area contributed by atoms with Crippen molar-refractivity contribution in [2.45, 2.75) is 13.8 Å². The number of anilines is 1. The van der Waals surface area contributed by atoms with Gasteiger partial charge in [0.25, 0.3) is 11.6 Å². The minimum atomic E-state index is -0.534. The molecule has 3 rings (SSSR count). The lowest BCUT2D eigenvalue weighted by molar-refractivity contribution is -0.383. The van der Waals surface area contributed by atoms with Gasteiger partial charge in [-0.25, -0.2) is 5.84 Å². The van der Waals surface area contributed by atoms with E-state index >= 15 is 0 Å². The third-order valence-electron chi connectivity index (χ3n) is 3.93. The van der Waals surface area contributed by atoms with Crippen LogP contribution in [0.15, 0.2) is 65.1 Å². The molecular formula is C20H22N6O3S. The van der Waals surface area contributed by atoms with Crippen LogP contribution in [-0.2, 0) is 0 Å². The normalized spacial score (nSPS) is 10.6. The van der Waals surface area contributed by atoms with Gasteiger partial charge in [0, 0.05) is 22.1 Å². The third kappa shape index (κ3) is 5.19. The van der Waals surface area contributed by atoms with Crippen molar-refractivity contribution in [2.75, 3.05) is 5.32 Å². The van der Waals surface area contributed by atoms with Gasteiger partial charge in [-0.2, -0.15) is 5.10 Å². The molecule has 0 aliphatic heterocycles. The number of amidine groups is 1. The standard InChI is InChI=1S/C18H16N6O3S.C2H6/c19-22-17(23-20)11-3-5-12(6-4-11)18(25)21-14-10-13(16-2-1-9-28-16)7-8-15(14)24(26)27;1-2/h1-10H,19-20H2,(H,21,25)(H,22,23);1-2H3. The Morgan fingerprint density at radius 2 is 1.77 bits per heavy atom. The fraction of sp³-hybridized carbons (Fsp3) is 0.100. The van der Waals surface area contributed by atoms with Gasteiger partial charge in [0.2, 0.25) is 0 Å². The summed E-state index contributed by atoms with van der Waals surface area (Å²) in [5.74, 6) is 10.3. The van der Waals surface area contributed by atoms with Crippen LogP contribution in [0, 0.1) is 10.1 Å². The summed E-state index contributed by atoms with van der Waals surface area (Å²) in [4.78, 5) is 24.3. The summed E-state index contributed by atoms with van der Waals surface area (Å²) in [6.45, 7) is 4.00. The Morgan fingerprint density at radius 3 is 2.30 bits per heavy atom. The van der Waals surface area contributed by atoms with Crippen LogP contribution in [0.25, 0.3) is 10.4 Å². The lowest BCUT2D eigenvalue weighted by Gasteiger charge is -2.09. The van der Waals surface area contributed by atoms with E-state index in [1.165, 1.54) is 17.4 Å². The molecule has 0 aliphatic carbocycles. The maximum Gasteiger partial charge on any atom is 0.292 e. The van der Waals surface area contributed by atoms with Gasteiger partial charge in [-0.1, -0.05) is 32.0 Å². The molecular weight excluding hydrogens is 404 g/mol. The van der Waals surface area contributed by atoms with Crippen LogP contribution in [0.4, 0.5) is 11.4 Å². The number of nitrogens with zero attached hydrogens (tertiary/aromatic N) is 2. The fourth-order valence-electron chi connectivity index (χ4n) is 2.56. The second-order valence-corrected chi connectivity index (χ2v) is 6.57. The number of nitrogens with one attached hydrogen (secondary N) is 2. The molecule has 1 aromatic heterocycles. The van der Waals surface area contributed by atoms with Gasteiger partial charge in [-0.15, -0.1) is 11.3 Å². The van der Waals surface area contributed by atoms with Crippen LogP contribution in [-0.4, -0.2) is 16.7 Å². The summed E-state index contributed by atoms with van der Waals surface area (Å²) in [6.07, 6.45) is 0. The number of hydrazone groups is 1. The van der Waals surface area contributed by atoms with Crippen molar-refractivity contribution in [2.24, 2.45) is 16.8 Å². The molecule has 0 radical (unpaired) electrons. The zero-order chi connectivity index (χ0) is 22.1. The number of rotatable bonds is 5. The molecule has 10 heteroatoms. The van der Waals surface area contributed by atoms with Gasteiger partial charge < -0.3 is 16.6 Å². The summed E-state index contributed by atoms with van der Waals surface area (Å²) in [6, 6.07) is 14.7. The zero-order valence-corrected chi connectivity index (χ0v) is 17.3. The van der Waals surface area contributed by atoms with E-state index in [2.05, 4.69) is 15.8 Å². The number of hydrogen-bond acceptors (Lipinski definition) is 7. The highest BCUT2D eigenvalue weighted by atomic mass is 32.1. The molecule has 0 spiro atoms. The molecule has 0 saturated heterocycles. The quantitative estimate of drug-likeness (QED) is 0.161. The molecule has 156 valence electrons. The summed E-state index contributed by atoms with van der Waals surface area (Å²) >= 11 is 1.50. The first-order chi connectivity index (χ1) is 14.5. The second kappa shape index (κ2) is 10.7. The third-order valence-corrected chi connectivity index (χ3v) is 4.85. The van der Waals surface area contributed by atoms with E-state index in [4.69, 9.17) is 11.7 Å². The van der Waals surface area contributed by atoms with Gasteiger partial charge >= 0.3 is 0 Å². The summed E-state index contributed by atoms with van der Waals surface area (Å²) in [5, 5.41) is 19.4. The largest absolute Gasteiger partial charge is 0.321 e. The number of amides is 1. The average Bonchev–Trinajstić information content (AvgIpc) is 3.31.